The van der Waals surface area contributed by atoms with Crippen molar-refractivity contribution in [2.24, 2.45) is 0 Å². The molecule has 10 heteroatoms. The van der Waals surface area contributed by atoms with Crippen molar-refractivity contribution < 1.29 is 18.0 Å². The van der Waals surface area contributed by atoms with E-state index in [0.29, 0.717) is 18.7 Å². The molecule has 0 aliphatic carbocycles. The number of aromatic nitrogens is 1. The van der Waals surface area contributed by atoms with Crippen molar-refractivity contribution in [3.8, 4) is 0 Å². The number of carbonyl (C=O) groups is 2. The highest BCUT2D eigenvalue weighted by molar-refractivity contribution is 7.88. The van der Waals surface area contributed by atoms with Gasteiger partial charge in [-0.1, -0.05) is 0 Å². The maximum Gasteiger partial charge on any atom is 0.319 e. The van der Waals surface area contributed by atoms with Crippen molar-refractivity contribution in [3.05, 3.63) is 30.5 Å². The summed E-state index contributed by atoms with van der Waals surface area (Å²) < 4.78 is 26.7. The Labute approximate surface area is 170 Å². The monoisotopic (exact) mass is 421 g/mol. The molecule has 2 heterocycles. The average molecular weight is 422 g/mol. The fourth-order valence-electron chi connectivity index (χ4n) is 3.42. The summed E-state index contributed by atoms with van der Waals surface area (Å²) in [6.07, 6.45) is 4.48. The fourth-order valence-corrected chi connectivity index (χ4v) is 4.33. The lowest BCUT2D eigenvalue weighted by Crippen LogP contribution is -2.50. The molecule has 0 saturated carbocycles. The van der Waals surface area contributed by atoms with Crippen LogP contribution in [0.25, 0.3) is 10.9 Å². The van der Waals surface area contributed by atoms with E-state index in [1.807, 2.05) is 29.0 Å². The largest absolute Gasteiger partial charge is 0.347 e. The third-order valence-electron chi connectivity index (χ3n) is 5.02. The number of piperidine rings is 1. The minimum atomic E-state index is -3.26. The summed E-state index contributed by atoms with van der Waals surface area (Å²) in [6, 6.07) is 6.79. The maximum atomic E-state index is 12.4. The number of hydrogen-bond donors (Lipinski definition) is 2. The van der Waals surface area contributed by atoms with Gasteiger partial charge in [0.15, 0.2) is 0 Å². The zero-order valence-corrected chi connectivity index (χ0v) is 17.7. The van der Waals surface area contributed by atoms with Crippen molar-refractivity contribution >= 4 is 38.6 Å². The quantitative estimate of drug-likeness (QED) is 0.759. The van der Waals surface area contributed by atoms with Gasteiger partial charge in [-0.2, -0.15) is 0 Å². The van der Waals surface area contributed by atoms with E-state index >= 15 is 0 Å². The highest BCUT2D eigenvalue weighted by atomic mass is 32.2. The molecule has 1 fully saturated rings. The van der Waals surface area contributed by atoms with Gasteiger partial charge in [-0.05, 0) is 37.1 Å². The Morgan fingerprint density at radius 1 is 1.24 bits per heavy atom. The second kappa shape index (κ2) is 8.42. The van der Waals surface area contributed by atoms with E-state index in [1.165, 1.54) is 10.6 Å². The van der Waals surface area contributed by atoms with Crippen LogP contribution in [-0.2, 0) is 21.4 Å². The molecule has 2 aromatic rings. The number of benzene rings is 1. The van der Waals surface area contributed by atoms with Gasteiger partial charge in [-0.3, -0.25) is 4.79 Å². The molecule has 1 unspecified atom stereocenters. The Kier molecular flexibility index (Phi) is 6.13. The van der Waals surface area contributed by atoms with Crippen LogP contribution in [0.4, 0.5) is 10.5 Å². The number of amides is 3. The van der Waals surface area contributed by atoms with Gasteiger partial charge in [0.25, 0.3) is 0 Å². The van der Waals surface area contributed by atoms with Gasteiger partial charge in [-0.15, -0.1) is 0 Å². The number of hydrogen-bond acceptors (Lipinski definition) is 4. The zero-order chi connectivity index (χ0) is 21.2. The van der Waals surface area contributed by atoms with Crippen LogP contribution < -0.4 is 10.6 Å². The summed E-state index contributed by atoms with van der Waals surface area (Å²) in [7, 11) is 0.179. The van der Waals surface area contributed by atoms with Crippen LogP contribution in [0.1, 0.15) is 12.8 Å². The Bertz CT molecular complexity index is 1010. The van der Waals surface area contributed by atoms with Crippen LogP contribution in [0, 0.1) is 0 Å². The molecule has 0 spiro atoms. The van der Waals surface area contributed by atoms with Crippen molar-refractivity contribution in [3.63, 3.8) is 0 Å². The van der Waals surface area contributed by atoms with Crippen LogP contribution in [0.5, 0.6) is 0 Å². The Morgan fingerprint density at radius 2 is 2.00 bits per heavy atom. The van der Waals surface area contributed by atoms with Gasteiger partial charge in [0.05, 0.1) is 6.26 Å². The molecule has 1 aromatic heterocycles. The third kappa shape index (κ3) is 5.27. The van der Waals surface area contributed by atoms with Gasteiger partial charge < -0.3 is 20.1 Å². The van der Waals surface area contributed by atoms with E-state index in [4.69, 9.17) is 0 Å². The van der Waals surface area contributed by atoms with Gasteiger partial charge >= 0.3 is 6.03 Å². The molecule has 3 amide bonds. The van der Waals surface area contributed by atoms with Gasteiger partial charge in [-0.25, -0.2) is 17.5 Å². The number of nitrogens with zero attached hydrogens (tertiary/aromatic N) is 3. The summed E-state index contributed by atoms with van der Waals surface area (Å²) in [5.74, 6) is -0.000279. The molecule has 1 aromatic carbocycles. The molecule has 158 valence electrons. The van der Waals surface area contributed by atoms with Crippen molar-refractivity contribution in [1.82, 2.24) is 19.1 Å². The number of anilines is 1. The standard InChI is InChI=1S/C19H27N5O4S/c1-22(2)18(25)13-23-10-8-14-11-15(6-7-17(14)23)20-19(26)21-16-5-4-9-24(12-16)29(3,27)28/h6-8,10-11,16H,4-5,9,12-13H2,1-3H3,(H2,20,21,26). The predicted molar refractivity (Wildman–Crippen MR) is 112 cm³/mol. The van der Waals surface area contributed by atoms with E-state index in [0.717, 1.165) is 17.3 Å². The summed E-state index contributed by atoms with van der Waals surface area (Å²) in [5, 5.41) is 6.56. The molecule has 1 aliphatic heterocycles. The molecule has 1 aliphatic rings. The summed E-state index contributed by atoms with van der Waals surface area (Å²) in [5.41, 5.74) is 1.53. The number of likely N-dealkylation sites (N-methyl/N-ethyl adjacent to an activating group) is 1. The second-order valence-electron chi connectivity index (χ2n) is 7.56. The van der Waals surface area contributed by atoms with Gasteiger partial charge in [0.1, 0.15) is 6.54 Å². The van der Waals surface area contributed by atoms with Crippen LogP contribution >= 0.6 is 0 Å². The maximum absolute atomic E-state index is 12.4. The number of rotatable bonds is 5. The summed E-state index contributed by atoms with van der Waals surface area (Å²) in [6.45, 7) is 1.03. The molecule has 1 saturated heterocycles. The molecule has 0 radical (unpaired) electrons. The average Bonchev–Trinajstić information content (AvgIpc) is 3.03. The molecule has 2 N–H and O–H groups in total. The van der Waals surface area contributed by atoms with E-state index in [-0.39, 0.29) is 31.1 Å². The van der Waals surface area contributed by atoms with Crippen molar-refractivity contribution in [2.45, 2.75) is 25.4 Å². The molecular weight excluding hydrogens is 394 g/mol. The number of carbonyl (C=O) groups excluding carboxylic acids is 2. The molecule has 1 atom stereocenters. The molecule has 3 rings (SSSR count). The first-order valence-corrected chi connectivity index (χ1v) is 11.3. The SMILES string of the molecule is CN(C)C(=O)Cn1ccc2cc(NC(=O)NC3CCCN(S(C)(=O)=O)C3)ccc21. The first-order valence-electron chi connectivity index (χ1n) is 9.45. The topological polar surface area (TPSA) is 104 Å². The number of nitrogens with one attached hydrogen (secondary N) is 2. The summed E-state index contributed by atoms with van der Waals surface area (Å²) >= 11 is 0. The number of urea groups is 1. The smallest absolute Gasteiger partial charge is 0.319 e. The van der Waals surface area contributed by atoms with E-state index in [1.54, 1.807) is 25.1 Å². The minimum Gasteiger partial charge on any atom is -0.347 e. The predicted octanol–water partition coefficient (Wildman–Crippen LogP) is 1.27. The van der Waals surface area contributed by atoms with Crippen LogP contribution in [0.3, 0.4) is 0 Å². The number of sulfonamides is 1. The normalized spacial score (nSPS) is 17.8. The van der Waals surface area contributed by atoms with Crippen molar-refractivity contribution in [2.75, 3.05) is 38.8 Å². The van der Waals surface area contributed by atoms with Crippen LogP contribution in [0.2, 0.25) is 0 Å². The third-order valence-corrected chi connectivity index (χ3v) is 6.29. The van der Waals surface area contributed by atoms with Gasteiger partial charge in [0, 0.05) is 56.0 Å². The van der Waals surface area contributed by atoms with Crippen LogP contribution in [0.15, 0.2) is 30.5 Å². The van der Waals surface area contributed by atoms with Gasteiger partial charge in [0.2, 0.25) is 15.9 Å². The zero-order valence-electron chi connectivity index (χ0n) is 16.9. The Morgan fingerprint density at radius 3 is 2.69 bits per heavy atom. The highest BCUT2D eigenvalue weighted by Crippen LogP contribution is 2.21. The van der Waals surface area contributed by atoms with Crippen molar-refractivity contribution in [1.29, 1.82) is 0 Å². The molecular formula is C19H27N5O4S. The first kappa shape index (κ1) is 21.1. The molecule has 29 heavy (non-hydrogen) atoms. The first-order chi connectivity index (χ1) is 13.6. The number of fused-ring (bicyclic) bond motifs is 1. The molecule has 9 nitrogen and oxygen atoms in total. The lowest BCUT2D eigenvalue weighted by atomic mass is 10.1. The lowest BCUT2D eigenvalue weighted by Gasteiger charge is -2.31. The Hall–Kier alpha value is -2.59. The van der Waals surface area contributed by atoms with Crippen LogP contribution in [-0.4, -0.2) is 73.6 Å². The fraction of sp³-hybridized carbons (Fsp3) is 0.474. The van der Waals surface area contributed by atoms with E-state index in [2.05, 4.69) is 10.6 Å². The van der Waals surface area contributed by atoms with E-state index < -0.39 is 10.0 Å². The molecule has 0 bridgehead atoms. The highest BCUT2D eigenvalue weighted by Gasteiger charge is 2.26. The summed E-state index contributed by atoms with van der Waals surface area (Å²) in [4.78, 5) is 25.8. The minimum absolute atomic E-state index is 0.000279. The second-order valence-corrected chi connectivity index (χ2v) is 9.55. The Balaban J connectivity index is 1.63. The lowest BCUT2D eigenvalue weighted by molar-refractivity contribution is -0.129. The van der Waals surface area contributed by atoms with E-state index in [9.17, 15) is 18.0 Å².